The zero-order valence-electron chi connectivity index (χ0n) is 22.2. The van der Waals surface area contributed by atoms with Gasteiger partial charge in [-0.15, -0.1) is 10.2 Å². The second-order valence-electron chi connectivity index (χ2n) is 11.1. The van der Waals surface area contributed by atoms with Gasteiger partial charge in [-0.1, -0.05) is 13.0 Å². The molecule has 1 amide bonds. The monoisotopic (exact) mass is 539 g/mol. The van der Waals surface area contributed by atoms with Gasteiger partial charge in [0, 0.05) is 38.5 Å². The van der Waals surface area contributed by atoms with Crippen molar-refractivity contribution in [1.82, 2.24) is 19.7 Å². The molecule has 1 atom stereocenters. The van der Waals surface area contributed by atoms with Crippen LogP contribution < -0.4 is 9.64 Å². The number of ether oxygens (including phenoxy) is 1. The summed E-state index contributed by atoms with van der Waals surface area (Å²) in [4.78, 5) is 17.4. The highest BCUT2D eigenvalue weighted by Crippen LogP contribution is 2.44. The van der Waals surface area contributed by atoms with Crippen LogP contribution in [0.15, 0.2) is 30.6 Å². The molecular weight excluding hydrogens is 507 g/mol. The summed E-state index contributed by atoms with van der Waals surface area (Å²) < 4.78 is 50.6. The number of nitrogens with zero attached hydrogens (tertiary/aromatic N) is 5. The van der Waals surface area contributed by atoms with Crippen LogP contribution in [0.25, 0.3) is 0 Å². The second-order valence-corrected chi connectivity index (χ2v) is 11.1. The number of rotatable bonds is 6. The maximum Gasteiger partial charge on any atom is 0.416 e. The molecule has 1 fully saturated rings. The number of hydrogen-bond acceptors (Lipinski definition) is 5. The second kappa shape index (κ2) is 9.97. The molecule has 4 heterocycles. The number of carbonyl (C=O) groups excluding carboxylic acids is 1. The fraction of sp³-hybridized carbons (Fsp3) is 0.483. The van der Waals surface area contributed by atoms with Gasteiger partial charge in [-0.2, -0.15) is 13.2 Å². The van der Waals surface area contributed by atoms with Crippen molar-refractivity contribution in [3.63, 3.8) is 0 Å². The lowest BCUT2D eigenvalue weighted by Gasteiger charge is -2.31. The molecule has 206 valence electrons. The number of amides is 1. The zero-order valence-corrected chi connectivity index (χ0v) is 22.2. The molecule has 0 bridgehead atoms. The van der Waals surface area contributed by atoms with E-state index in [0.717, 1.165) is 42.9 Å². The van der Waals surface area contributed by atoms with Gasteiger partial charge in [-0.3, -0.25) is 9.69 Å². The molecule has 0 unspecified atom stereocenters. The fourth-order valence-electron chi connectivity index (χ4n) is 6.18. The molecule has 7 nitrogen and oxygen atoms in total. The molecule has 0 spiro atoms. The van der Waals surface area contributed by atoms with Crippen LogP contribution in [0.3, 0.4) is 0 Å². The van der Waals surface area contributed by atoms with Gasteiger partial charge in [0.05, 0.1) is 24.4 Å². The minimum Gasteiger partial charge on any atom is -0.491 e. The van der Waals surface area contributed by atoms with Gasteiger partial charge in [0.1, 0.15) is 17.9 Å². The third-order valence-corrected chi connectivity index (χ3v) is 8.11. The Bertz CT molecular complexity index is 1420. The van der Waals surface area contributed by atoms with Gasteiger partial charge >= 0.3 is 6.18 Å². The van der Waals surface area contributed by atoms with Crippen molar-refractivity contribution in [2.75, 3.05) is 24.6 Å². The minimum atomic E-state index is -4.55. The van der Waals surface area contributed by atoms with Crippen LogP contribution in [0.5, 0.6) is 5.75 Å². The molecule has 3 aliphatic heterocycles. The summed E-state index contributed by atoms with van der Waals surface area (Å²) in [6, 6.07) is 6.86. The molecule has 3 aromatic rings. The lowest BCUT2D eigenvalue weighted by Crippen LogP contribution is -2.33. The number of carbonyl (C=O) groups is 1. The number of fused-ring (bicyclic) bond motifs is 2. The van der Waals surface area contributed by atoms with Gasteiger partial charge < -0.3 is 14.2 Å². The molecule has 6 rings (SSSR count). The minimum absolute atomic E-state index is 0.0412. The predicted octanol–water partition coefficient (Wildman–Crippen LogP) is 4.95. The van der Waals surface area contributed by atoms with Crippen molar-refractivity contribution >= 4 is 11.6 Å². The Morgan fingerprint density at radius 2 is 1.97 bits per heavy atom. The van der Waals surface area contributed by atoms with Crippen LogP contribution >= 0.6 is 0 Å². The van der Waals surface area contributed by atoms with Crippen molar-refractivity contribution in [2.24, 2.45) is 13.0 Å². The van der Waals surface area contributed by atoms with Crippen molar-refractivity contribution in [3.05, 3.63) is 69.8 Å². The van der Waals surface area contributed by atoms with Crippen molar-refractivity contribution in [3.8, 4) is 5.75 Å². The maximum atomic E-state index is 14.3. The third kappa shape index (κ3) is 5.02. The molecule has 2 aromatic carbocycles. The molecule has 39 heavy (non-hydrogen) atoms. The van der Waals surface area contributed by atoms with Crippen molar-refractivity contribution in [1.29, 1.82) is 0 Å². The van der Waals surface area contributed by atoms with E-state index in [0.29, 0.717) is 55.3 Å². The Kier molecular flexibility index (Phi) is 6.61. The molecular formula is C29H32F3N5O2. The van der Waals surface area contributed by atoms with E-state index >= 15 is 0 Å². The quantitative estimate of drug-likeness (QED) is 0.444. The summed E-state index contributed by atoms with van der Waals surface area (Å²) in [5.41, 5.74) is 2.49. The first kappa shape index (κ1) is 25.9. The van der Waals surface area contributed by atoms with Gasteiger partial charge in [0.2, 0.25) is 0 Å². The predicted molar refractivity (Wildman–Crippen MR) is 140 cm³/mol. The highest BCUT2D eigenvalue weighted by molar-refractivity contribution is 6.11. The van der Waals surface area contributed by atoms with Gasteiger partial charge in [0.25, 0.3) is 5.91 Å². The number of alkyl halides is 3. The van der Waals surface area contributed by atoms with Crippen LogP contribution in [0, 0.1) is 5.92 Å². The highest BCUT2D eigenvalue weighted by atomic mass is 19.4. The molecule has 3 aliphatic rings. The lowest BCUT2D eigenvalue weighted by molar-refractivity contribution is -0.138. The van der Waals surface area contributed by atoms with Crippen molar-refractivity contribution < 1.29 is 22.7 Å². The maximum absolute atomic E-state index is 14.3. The van der Waals surface area contributed by atoms with E-state index in [-0.39, 0.29) is 17.7 Å². The summed E-state index contributed by atoms with van der Waals surface area (Å²) in [6.45, 7) is 4.63. The van der Waals surface area contributed by atoms with E-state index in [9.17, 15) is 18.0 Å². The van der Waals surface area contributed by atoms with Gasteiger partial charge in [0.15, 0.2) is 0 Å². The Hall–Kier alpha value is -3.40. The first-order valence-electron chi connectivity index (χ1n) is 13.6. The first-order chi connectivity index (χ1) is 18.7. The topological polar surface area (TPSA) is 63.5 Å². The van der Waals surface area contributed by atoms with E-state index in [1.807, 2.05) is 17.7 Å². The summed E-state index contributed by atoms with van der Waals surface area (Å²) in [5, 5.41) is 8.07. The summed E-state index contributed by atoms with van der Waals surface area (Å²) >= 11 is 0. The fourth-order valence-corrected chi connectivity index (χ4v) is 6.18. The van der Waals surface area contributed by atoms with Crippen LogP contribution in [0.2, 0.25) is 0 Å². The van der Waals surface area contributed by atoms with E-state index < -0.39 is 17.6 Å². The number of aromatic nitrogens is 3. The molecule has 10 heteroatoms. The normalized spacial score (nSPS) is 19.4. The first-order valence-corrected chi connectivity index (χ1v) is 13.6. The number of anilines is 1. The molecule has 1 saturated heterocycles. The zero-order chi connectivity index (χ0) is 27.3. The number of benzene rings is 2. The Balaban J connectivity index is 1.33. The smallest absolute Gasteiger partial charge is 0.416 e. The highest BCUT2D eigenvalue weighted by Gasteiger charge is 2.41. The Morgan fingerprint density at radius 1 is 1.13 bits per heavy atom. The average molecular weight is 540 g/mol. The molecule has 0 radical (unpaired) electrons. The van der Waals surface area contributed by atoms with Crippen LogP contribution in [-0.4, -0.2) is 45.3 Å². The molecule has 0 N–H and O–H groups in total. The number of likely N-dealkylation sites (tertiary alicyclic amines) is 1. The van der Waals surface area contributed by atoms with E-state index in [4.69, 9.17) is 4.74 Å². The third-order valence-electron chi connectivity index (χ3n) is 8.11. The number of halogens is 3. The molecule has 0 aliphatic carbocycles. The number of aryl methyl sites for hydroxylation is 3. The van der Waals surface area contributed by atoms with Crippen molar-refractivity contribution in [2.45, 2.75) is 58.3 Å². The van der Waals surface area contributed by atoms with Gasteiger partial charge in [-0.25, -0.2) is 0 Å². The van der Waals surface area contributed by atoms with E-state index in [1.54, 1.807) is 12.4 Å². The van der Waals surface area contributed by atoms with E-state index in [1.165, 1.54) is 11.0 Å². The van der Waals surface area contributed by atoms with Gasteiger partial charge in [-0.05, 0) is 72.2 Å². The molecule has 1 aromatic heterocycles. The van der Waals surface area contributed by atoms with Crippen LogP contribution in [0.4, 0.5) is 18.9 Å². The van der Waals surface area contributed by atoms with E-state index in [2.05, 4.69) is 28.1 Å². The summed E-state index contributed by atoms with van der Waals surface area (Å²) in [5.74, 6) is 1.53. The summed E-state index contributed by atoms with van der Waals surface area (Å²) in [6.07, 6.45) is 1.27. The lowest BCUT2D eigenvalue weighted by atomic mass is 9.96. The number of hydrogen-bond donors (Lipinski definition) is 0. The molecule has 0 saturated carbocycles. The SMILES string of the molecule is C[C@H]1CCCN(Cc2cc3c(c(C(F)(F)F)c2)CN(c2cc(CCc4nncn4C)cc4c2OCC4)C3=O)C1. The van der Waals surface area contributed by atoms with Crippen LogP contribution in [-0.2, 0) is 45.6 Å². The average Bonchev–Trinajstić information content (AvgIpc) is 3.60. The largest absolute Gasteiger partial charge is 0.491 e. The van der Waals surface area contributed by atoms with Crippen LogP contribution in [0.1, 0.15) is 63.8 Å². The summed E-state index contributed by atoms with van der Waals surface area (Å²) in [7, 11) is 1.88. The number of piperidine rings is 1. The Morgan fingerprint density at radius 3 is 2.72 bits per heavy atom. The standard InChI is InChI=1S/C29H32F3N5O2/c1-18-4-3-8-36(14-18)15-20-11-22-23(24(12-20)29(30,31)32)16-37(28(22)38)25-13-19(10-21-7-9-39-27(21)25)5-6-26-34-33-17-35(26)2/h10-13,17-18H,3-9,14-16H2,1-2H3/t18-/m0/s1. The Labute approximate surface area is 225 Å².